The minimum atomic E-state index is -0.179. The SMILES string of the molecule is CC(C)(C)c1ccc(Nc2cc3c(cc2-c2c4c(cc5c2oc2ccccc25)N(c2ccc5c(c2)C(C)(C)CCC5(C)C)c2c(sc5cc6c(cc25)C(C)(C)CCC6(C)C)B4)-c2ccccc2C3(C)C)cc1. The van der Waals surface area contributed by atoms with Gasteiger partial charge in [-0.25, -0.2) is 0 Å². The van der Waals surface area contributed by atoms with Gasteiger partial charge in [0.25, 0.3) is 0 Å². The van der Waals surface area contributed by atoms with Gasteiger partial charge in [-0.15, -0.1) is 11.3 Å². The van der Waals surface area contributed by atoms with Crippen LogP contribution in [0.5, 0.6) is 0 Å². The summed E-state index contributed by atoms with van der Waals surface area (Å²) in [4.78, 5) is 2.70. The van der Waals surface area contributed by atoms with E-state index >= 15 is 0 Å². The van der Waals surface area contributed by atoms with E-state index in [0.717, 1.165) is 47.0 Å². The van der Waals surface area contributed by atoms with E-state index in [0.29, 0.717) is 0 Å². The zero-order valence-electron chi connectivity index (χ0n) is 44.8. The zero-order chi connectivity index (χ0) is 50.2. The molecule has 0 fully saturated rings. The molecule has 3 nitrogen and oxygen atoms in total. The van der Waals surface area contributed by atoms with Gasteiger partial charge in [0.2, 0.25) is 7.28 Å². The third-order valence-corrected chi connectivity index (χ3v) is 19.5. The summed E-state index contributed by atoms with van der Waals surface area (Å²) in [6, 6.07) is 47.1. The highest BCUT2D eigenvalue weighted by atomic mass is 32.1. The van der Waals surface area contributed by atoms with Gasteiger partial charge in [-0.1, -0.05) is 151 Å². The molecule has 2 aromatic heterocycles. The molecule has 0 amide bonds. The summed E-state index contributed by atoms with van der Waals surface area (Å²) in [5.41, 5.74) is 24.3. The molecule has 0 saturated carbocycles. The molecule has 13 rings (SSSR count). The molecule has 0 spiro atoms. The lowest BCUT2D eigenvalue weighted by Crippen LogP contribution is -2.40. The monoisotopic (exact) mass is 961 g/mol. The van der Waals surface area contributed by atoms with Gasteiger partial charge in [-0.2, -0.15) is 0 Å². The maximum atomic E-state index is 7.28. The maximum Gasteiger partial charge on any atom is 0.211 e. The molecule has 3 heterocycles. The number of nitrogens with one attached hydrogen (secondary N) is 1. The fourth-order valence-electron chi connectivity index (χ4n) is 13.6. The second-order valence-corrected chi connectivity index (χ2v) is 27.5. The molecule has 0 saturated heterocycles. The van der Waals surface area contributed by atoms with E-state index in [1.54, 1.807) is 0 Å². The molecule has 362 valence electrons. The van der Waals surface area contributed by atoms with Crippen LogP contribution in [0.25, 0.3) is 54.3 Å². The van der Waals surface area contributed by atoms with Crippen LogP contribution in [-0.2, 0) is 32.5 Å². The molecule has 72 heavy (non-hydrogen) atoms. The van der Waals surface area contributed by atoms with E-state index in [9.17, 15) is 0 Å². The van der Waals surface area contributed by atoms with Crippen molar-refractivity contribution in [2.75, 3.05) is 10.2 Å². The van der Waals surface area contributed by atoms with Gasteiger partial charge >= 0.3 is 0 Å². The van der Waals surface area contributed by atoms with E-state index in [2.05, 4.69) is 222 Å². The Bertz CT molecular complexity index is 3770. The Hall–Kier alpha value is -6.04. The lowest BCUT2D eigenvalue weighted by Gasteiger charge is -2.43. The Morgan fingerprint density at radius 2 is 1.19 bits per heavy atom. The van der Waals surface area contributed by atoms with Crippen molar-refractivity contribution in [2.24, 2.45) is 0 Å². The first-order valence-electron chi connectivity index (χ1n) is 26.7. The number of hydrogen-bond donors (Lipinski definition) is 1. The van der Waals surface area contributed by atoms with Crippen LogP contribution in [0, 0.1) is 0 Å². The highest BCUT2D eigenvalue weighted by Crippen LogP contribution is 2.56. The predicted octanol–water partition coefficient (Wildman–Crippen LogP) is 17.7. The van der Waals surface area contributed by atoms with Crippen LogP contribution in [0.1, 0.15) is 155 Å². The van der Waals surface area contributed by atoms with Crippen molar-refractivity contribution in [3.63, 3.8) is 0 Å². The molecule has 9 aromatic rings. The number of thiophene rings is 1. The van der Waals surface area contributed by atoms with Crippen molar-refractivity contribution < 1.29 is 4.42 Å². The summed E-state index contributed by atoms with van der Waals surface area (Å²) < 4.78 is 10.1. The van der Waals surface area contributed by atoms with Crippen LogP contribution in [0.3, 0.4) is 0 Å². The second-order valence-electron chi connectivity index (χ2n) is 26.3. The maximum absolute atomic E-state index is 7.28. The first-order valence-corrected chi connectivity index (χ1v) is 27.5. The molecule has 3 aliphatic carbocycles. The summed E-state index contributed by atoms with van der Waals surface area (Å²) in [5.74, 6) is 0. The van der Waals surface area contributed by atoms with Crippen molar-refractivity contribution in [3.05, 3.63) is 160 Å². The Labute approximate surface area is 432 Å². The number of para-hydroxylation sites is 1. The van der Waals surface area contributed by atoms with Crippen LogP contribution in [0.2, 0.25) is 0 Å². The smallest absolute Gasteiger partial charge is 0.211 e. The summed E-state index contributed by atoms with van der Waals surface area (Å²) >= 11 is 2.01. The van der Waals surface area contributed by atoms with E-state index < -0.39 is 0 Å². The molecular formula is C67H69BN2OS. The van der Waals surface area contributed by atoms with Crippen molar-refractivity contribution >= 4 is 89.3 Å². The van der Waals surface area contributed by atoms with Gasteiger partial charge in [0.15, 0.2) is 0 Å². The lowest BCUT2D eigenvalue weighted by atomic mass is 9.61. The first-order chi connectivity index (χ1) is 34.0. The van der Waals surface area contributed by atoms with E-state index in [1.807, 2.05) is 11.3 Å². The van der Waals surface area contributed by atoms with Crippen molar-refractivity contribution in [1.82, 2.24) is 0 Å². The third-order valence-electron chi connectivity index (χ3n) is 18.4. The van der Waals surface area contributed by atoms with E-state index in [1.165, 1.54) is 118 Å². The summed E-state index contributed by atoms with van der Waals surface area (Å²) in [6.45, 7) is 31.3. The molecule has 0 atom stereocenters. The van der Waals surface area contributed by atoms with Crippen LogP contribution in [0.4, 0.5) is 28.4 Å². The Balaban J connectivity index is 1.14. The quantitative estimate of drug-likeness (QED) is 0.178. The molecule has 0 bridgehead atoms. The van der Waals surface area contributed by atoms with Crippen molar-refractivity contribution in [2.45, 2.75) is 148 Å². The number of anilines is 5. The molecule has 1 aliphatic heterocycles. The van der Waals surface area contributed by atoms with Crippen LogP contribution in [0.15, 0.2) is 126 Å². The van der Waals surface area contributed by atoms with Crippen LogP contribution < -0.4 is 20.5 Å². The van der Waals surface area contributed by atoms with Gasteiger partial charge in [-0.3, -0.25) is 0 Å². The van der Waals surface area contributed by atoms with E-state index in [4.69, 9.17) is 4.42 Å². The summed E-state index contributed by atoms with van der Waals surface area (Å²) in [7, 11) is 0.794. The first kappa shape index (κ1) is 45.8. The molecule has 5 heteroatoms. The number of nitrogens with zero attached hydrogens (tertiary/aromatic N) is 1. The highest BCUT2D eigenvalue weighted by molar-refractivity contribution is 7.29. The minimum absolute atomic E-state index is 0.0454. The van der Waals surface area contributed by atoms with Crippen LogP contribution >= 0.6 is 11.3 Å². The Morgan fingerprint density at radius 1 is 0.556 bits per heavy atom. The fourth-order valence-corrected chi connectivity index (χ4v) is 14.9. The molecule has 0 radical (unpaired) electrons. The minimum Gasteiger partial charge on any atom is -0.455 e. The number of hydrogen-bond acceptors (Lipinski definition) is 4. The summed E-state index contributed by atoms with van der Waals surface area (Å²) in [6.07, 6.45) is 4.72. The average molecular weight is 961 g/mol. The Morgan fingerprint density at radius 3 is 1.90 bits per heavy atom. The van der Waals surface area contributed by atoms with Crippen molar-refractivity contribution in [3.8, 4) is 22.3 Å². The number of furan rings is 1. The molecular weight excluding hydrogens is 892 g/mol. The van der Waals surface area contributed by atoms with Gasteiger partial charge in [0.05, 0.1) is 5.69 Å². The van der Waals surface area contributed by atoms with Crippen LogP contribution in [-0.4, -0.2) is 7.28 Å². The normalized spacial score (nSPS) is 18.5. The molecule has 0 unspecified atom stereocenters. The third kappa shape index (κ3) is 6.67. The average Bonchev–Trinajstić information content (AvgIpc) is 3.96. The standard InChI is InChI=1S/C67H69BN2OS/c1-62(2,3)38-22-24-39(25-23-38)69-53-36-49-43(41-18-14-16-20-47(41)67(49,12)13)33-45(53)57-58-54(35-44-42-19-15-17-21-55(42)71-60(44)57)70(40-26-27-48-50(32-40)64(6,7)29-28-63(48,4)5)59-46-34-51-52(37-56(46)72-61(59)68-58)66(10,11)31-30-65(51,8)9/h14-27,32-37,68-69H,28-31H2,1-13H3. The van der Waals surface area contributed by atoms with Gasteiger partial charge in [0, 0.05) is 60.2 Å². The fraction of sp³-hybridized carbons (Fsp3) is 0.343. The Kier molecular flexibility index (Phi) is 9.56. The molecule has 4 aliphatic rings. The largest absolute Gasteiger partial charge is 0.455 e. The number of fused-ring (bicyclic) bond motifs is 12. The predicted molar refractivity (Wildman–Crippen MR) is 312 cm³/mol. The summed E-state index contributed by atoms with van der Waals surface area (Å²) in [5, 5.41) is 7.74. The van der Waals surface area contributed by atoms with Gasteiger partial charge < -0.3 is 14.6 Å². The van der Waals surface area contributed by atoms with Gasteiger partial charge in [0.1, 0.15) is 11.2 Å². The topological polar surface area (TPSA) is 28.4 Å². The van der Waals surface area contributed by atoms with Crippen molar-refractivity contribution in [1.29, 1.82) is 0 Å². The second kappa shape index (κ2) is 15.0. The molecule has 1 N–H and O–H groups in total. The number of rotatable bonds is 4. The van der Waals surface area contributed by atoms with Gasteiger partial charge in [-0.05, 0) is 174 Å². The highest BCUT2D eigenvalue weighted by Gasteiger charge is 2.43. The lowest BCUT2D eigenvalue weighted by molar-refractivity contribution is 0.332. The zero-order valence-corrected chi connectivity index (χ0v) is 45.7. The molecule has 7 aromatic carbocycles. The number of benzene rings is 7. The van der Waals surface area contributed by atoms with E-state index in [-0.39, 0.29) is 32.5 Å².